The molecule has 0 spiro atoms. The molecule has 0 radical (unpaired) electrons. The van der Waals surface area contributed by atoms with Crippen LogP contribution in [0, 0.1) is 0 Å². The lowest BCUT2D eigenvalue weighted by molar-refractivity contribution is -0.387. The third-order valence-corrected chi connectivity index (χ3v) is 5.47. The Kier molecular flexibility index (Phi) is 12.7. The molecule has 0 amide bonds. The molecule has 11 heteroatoms. The van der Waals surface area contributed by atoms with Crippen molar-refractivity contribution in [2.75, 3.05) is 46.2 Å². The first-order valence-electron chi connectivity index (χ1n) is 11.4. The standard InChI is InChI=1S/C24H38O11/c1-5-9-29-14-17-21(31-11-7-3)22(32-12-8-4)24(34-17,15-30-10-6-2)35-23-20(28)19(27)18(26)16(13-25)33-23/h5-8,16-23,25-28H,1-4,9-15H2/t16-,17-,18-,19+,20-,21-,22+,23-,24+/m1/s1. The van der Waals surface area contributed by atoms with Gasteiger partial charge >= 0.3 is 0 Å². The molecule has 0 unspecified atom stereocenters. The Morgan fingerprint density at radius 3 is 2.03 bits per heavy atom. The van der Waals surface area contributed by atoms with E-state index in [0.29, 0.717) is 0 Å². The molecule has 2 rings (SSSR count). The molecule has 0 bridgehead atoms. The topological polar surface area (TPSA) is 146 Å². The summed E-state index contributed by atoms with van der Waals surface area (Å²) in [5, 5.41) is 40.5. The molecule has 0 aromatic rings. The van der Waals surface area contributed by atoms with Crippen LogP contribution in [0.15, 0.2) is 50.6 Å². The summed E-state index contributed by atoms with van der Waals surface area (Å²) in [4.78, 5) is 0. The Bertz CT molecular complexity index is 672. The van der Waals surface area contributed by atoms with Crippen molar-refractivity contribution < 1.29 is 53.6 Å². The van der Waals surface area contributed by atoms with Crippen molar-refractivity contribution in [1.82, 2.24) is 0 Å². The van der Waals surface area contributed by atoms with Gasteiger partial charge in [-0.25, -0.2) is 0 Å². The van der Waals surface area contributed by atoms with Gasteiger partial charge in [-0.05, 0) is 0 Å². The molecule has 2 aliphatic rings. The van der Waals surface area contributed by atoms with Crippen LogP contribution in [0.4, 0.5) is 0 Å². The Balaban J connectivity index is 2.43. The zero-order valence-electron chi connectivity index (χ0n) is 19.9. The summed E-state index contributed by atoms with van der Waals surface area (Å²) in [6.45, 7) is 14.6. The molecule has 0 aromatic heterocycles. The second-order valence-corrected chi connectivity index (χ2v) is 8.04. The highest BCUT2D eigenvalue weighted by molar-refractivity contribution is 5.02. The molecule has 0 saturated carbocycles. The van der Waals surface area contributed by atoms with Gasteiger partial charge in [0.2, 0.25) is 5.79 Å². The Morgan fingerprint density at radius 2 is 1.40 bits per heavy atom. The van der Waals surface area contributed by atoms with Gasteiger partial charge in [0.05, 0.1) is 39.6 Å². The molecule has 0 aliphatic carbocycles. The fraction of sp³-hybridized carbons (Fsp3) is 0.667. The number of hydrogen-bond acceptors (Lipinski definition) is 11. The van der Waals surface area contributed by atoms with Crippen LogP contribution in [0.3, 0.4) is 0 Å². The smallest absolute Gasteiger partial charge is 0.224 e. The third kappa shape index (κ3) is 7.51. The van der Waals surface area contributed by atoms with Gasteiger partial charge in [-0.3, -0.25) is 0 Å². The Morgan fingerprint density at radius 1 is 0.771 bits per heavy atom. The first-order valence-corrected chi connectivity index (χ1v) is 11.4. The molecule has 2 heterocycles. The number of aliphatic hydroxyl groups is 4. The molecular weight excluding hydrogens is 464 g/mol. The molecule has 2 fully saturated rings. The van der Waals surface area contributed by atoms with Crippen molar-refractivity contribution in [2.24, 2.45) is 0 Å². The summed E-state index contributed by atoms with van der Waals surface area (Å²) in [7, 11) is 0. The van der Waals surface area contributed by atoms with Crippen molar-refractivity contribution in [3.63, 3.8) is 0 Å². The average molecular weight is 503 g/mol. The summed E-state index contributed by atoms with van der Waals surface area (Å²) in [5.41, 5.74) is 0. The van der Waals surface area contributed by atoms with Crippen molar-refractivity contribution in [3.8, 4) is 0 Å². The van der Waals surface area contributed by atoms with Gasteiger partial charge in [0.1, 0.15) is 49.3 Å². The van der Waals surface area contributed by atoms with Gasteiger partial charge in [-0.2, -0.15) is 0 Å². The van der Waals surface area contributed by atoms with Crippen LogP contribution >= 0.6 is 0 Å². The molecule has 0 aromatic carbocycles. The lowest BCUT2D eigenvalue weighted by Gasteiger charge is -2.44. The van der Waals surface area contributed by atoms with E-state index < -0.39 is 61.4 Å². The molecule has 35 heavy (non-hydrogen) atoms. The zero-order valence-corrected chi connectivity index (χ0v) is 19.9. The zero-order chi connectivity index (χ0) is 25.8. The van der Waals surface area contributed by atoms with E-state index in [0.717, 1.165) is 0 Å². The largest absolute Gasteiger partial charge is 0.394 e. The Labute approximate surface area is 205 Å². The van der Waals surface area contributed by atoms with E-state index in [2.05, 4.69) is 26.3 Å². The summed E-state index contributed by atoms with van der Waals surface area (Å²) >= 11 is 0. The van der Waals surface area contributed by atoms with Crippen molar-refractivity contribution in [1.29, 1.82) is 0 Å². The van der Waals surface area contributed by atoms with Crippen LogP contribution in [0.2, 0.25) is 0 Å². The van der Waals surface area contributed by atoms with E-state index in [-0.39, 0.29) is 39.6 Å². The number of hydrogen-bond donors (Lipinski definition) is 4. The van der Waals surface area contributed by atoms with E-state index in [1.807, 2.05) is 0 Å². The van der Waals surface area contributed by atoms with E-state index in [9.17, 15) is 20.4 Å². The van der Waals surface area contributed by atoms with Gasteiger partial charge in [0.25, 0.3) is 0 Å². The van der Waals surface area contributed by atoms with Crippen LogP contribution < -0.4 is 0 Å². The average Bonchev–Trinajstić information content (AvgIpc) is 3.13. The number of rotatable bonds is 17. The maximum atomic E-state index is 10.6. The van der Waals surface area contributed by atoms with Crippen LogP contribution in [-0.2, 0) is 33.2 Å². The van der Waals surface area contributed by atoms with E-state index in [1.165, 1.54) is 12.2 Å². The van der Waals surface area contributed by atoms with Crippen molar-refractivity contribution >= 4 is 0 Å². The van der Waals surface area contributed by atoms with Crippen molar-refractivity contribution in [2.45, 2.75) is 54.8 Å². The molecule has 2 saturated heterocycles. The second kappa shape index (κ2) is 14.9. The lowest BCUT2D eigenvalue weighted by atomic mass is 9.99. The highest BCUT2D eigenvalue weighted by atomic mass is 16.8. The summed E-state index contributed by atoms with van der Waals surface area (Å²) in [6.07, 6.45) is -3.71. The van der Waals surface area contributed by atoms with Crippen LogP contribution in [0.25, 0.3) is 0 Å². The van der Waals surface area contributed by atoms with Crippen molar-refractivity contribution in [3.05, 3.63) is 50.6 Å². The number of aliphatic hydroxyl groups excluding tert-OH is 4. The molecule has 11 nitrogen and oxygen atoms in total. The maximum absolute atomic E-state index is 10.6. The fourth-order valence-electron chi connectivity index (χ4n) is 3.89. The van der Waals surface area contributed by atoms with Gasteiger partial charge in [0.15, 0.2) is 6.29 Å². The second-order valence-electron chi connectivity index (χ2n) is 8.04. The van der Waals surface area contributed by atoms with E-state index >= 15 is 0 Å². The van der Waals surface area contributed by atoms with Crippen LogP contribution in [0.5, 0.6) is 0 Å². The molecule has 2 aliphatic heterocycles. The van der Waals surface area contributed by atoms with Gasteiger partial charge in [-0.15, -0.1) is 26.3 Å². The SMILES string of the molecule is C=CCOC[C@H]1O[C@@](COCC=C)(O[C@H]2O[C@H](CO)[C@@H](O)[C@H](O)[C@H]2O)[C@@H](OCC=C)[C@@H]1OCC=C. The number of ether oxygens (including phenoxy) is 7. The van der Waals surface area contributed by atoms with Gasteiger partial charge in [-0.1, -0.05) is 24.3 Å². The summed E-state index contributed by atoms with van der Waals surface area (Å²) in [6, 6.07) is 0. The maximum Gasteiger partial charge on any atom is 0.224 e. The third-order valence-electron chi connectivity index (χ3n) is 5.47. The Hall–Kier alpha value is -1.48. The van der Waals surface area contributed by atoms with E-state index in [4.69, 9.17) is 33.2 Å². The highest BCUT2D eigenvalue weighted by Gasteiger charge is 2.60. The monoisotopic (exact) mass is 502 g/mol. The molecular formula is C24H38O11. The first-order chi connectivity index (χ1) is 16.9. The van der Waals surface area contributed by atoms with E-state index in [1.54, 1.807) is 12.2 Å². The van der Waals surface area contributed by atoms with Crippen LogP contribution in [0.1, 0.15) is 0 Å². The minimum atomic E-state index is -1.71. The van der Waals surface area contributed by atoms with Crippen LogP contribution in [-0.4, -0.2) is 121 Å². The van der Waals surface area contributed by atoms with Gasteiger partial charge < -0.3 is 53.6 Å². The first kappa shape index (κ1) is 29.7. The minimum Gasteiger partial charge on any atom is -0.394 e. The molecule has 200 valence electrons. The minimum absolute atomic E-state index is 0.0863. The van der Waals surface area contributed by atoms with Gasteiger partial charge in [0, 0.05) is 0 Å². The summed E-state index contributed by atoms with van der Waals surface area (Å²) in [5.74, 6) is -1.71. The molecule has 9 atom stereocenters. The predicted molar refractivity (Wildman–Crippen MR) is 124 cm³/mol. The predicted octanol–water partition coefficient (Wildman–Crippen LogP) is -0.554. The quantitative estimate of drug-likeness (QED) is 0.150. The lowest BCUT2D eigenvalue weighted by Crippen LogP contribution is -2.63. The molecule has 4 N–H and O–H groups in total. The normalized spacial score (nSPS) is 37.1. The highest BCUT2D eigenvalue weighted by Crippen LogP contribution is 2.40. The summed E-state index contributed by atoms with van der Waals surface area (Å²) < 4.78 is 41.2. The fourth-order valence-corrected chi connectivity index (χ4v) is 3.89.